The minimum absolute atomic E-state index is 0.0445. The Labute approximate surface area is 234 Å². The Kier molecular flexibility index (Phi) is 7.14. The summed E-state index contributed by atoms with van der Waals surface area (Å²) in [6, 6.07) is 7.73. The maximum absolute atomic E-state index is 14.3. The van der Waals surface area contributed by atoms with E-state index in [0.29, 0.717) is 33.7 Å². The number of hydrogen-bond donors (Lipinski definition) is 0. The summed E-state index contributed by atoms with van der Waals surface area (Å²) < 4.78 is 43.1. The van der Waals surface area contributed by atoms with Crippen molar-refractivity contribution in [3.8, 4) is 34.9 Å². The lowest BCUT2D eigenvalue weighted by molar-refractivity contribution is -0.131. The number of aryl methyl sites for hydroxylation is 1. The van der Waals surface area contributed by atoms with E-state index in [2.05, 4.69) is 14.9 Å². The molecule has 3 aliphatic heterocycles. The first kappa shape index (κ1) is 26.5. The van der Waals surface area contributed by atoms with Crippen LogP contribution in [0.3, 0.4) is 0 Å². The summed E-state index contributed by atoms with van der Waals surface area (Å²) in [5.41, 5.74) is 1.03. The summed E-state index contributed by atoms with van der Waals surface area (Å²) in [5, 5.41) is 0.789. The van der Waals surface area contributed by atoms with E-state index in [9.17, 15) is 14.1 Å². The van der Waals surface area contributed by atoms with Gasteiger partial charge in [0.2, 0.25) is 11.6 Å². The molecule has 0 N–H and O–H groups in total. The standard InChI is InChI=1S/C29H27FN4O7/c1-17-14-18-15-19(6-7-21(18)34(17)30)39-28-25-20-16-22(38-13-5-12-33-10-3-4-11-33)26(37-2)27(25)40-23(35)8-9-24(36)41-29(31-20)32-28/h6-9,14-16H,3-5,10-13H2,1-2H3/b9-8-. The highest BCUT2D eigenvalue weighted by Gasteiger charge is 2.27. The number of halogens is 1. The van der Waals surface area contributed by atoms with E-state index in [1.165, 1.54) is 20.0 Å². The topological polar surface area (TPSA) is 114 Å². The molecule has 4 bridgehead atoms. The molecular formula is C29H27FN4O7. The Morgan fingerprint density at radius 2 is 1.80 bits per heavy atom. The number of methoxy groups -OCH3 is 1. The van der Waals surface area contributed by atoms with Crippen molar-refractivity contribution in [2.45, 2.75) is 26.2 Å². The van der Waals surface area contributed by atoms with Gasteiger partial charge in [-0.2, -0.15) is 14.8 Å². The van der Waals surface area contributed by atoms with E-state index in [0.717, 1.165) is 38.2 Å². The first-order chi connectivity index (χ1) is 19.9. The number of ether oxygens (including phenoxy) is 5. The summed E-state index contributed by atoms with van der Waals surface area (Å²) in [7, 11) is 1.42. The Balaban J connectivity index is 1.43. The van der Waals surface area contributed by atoms with Gasteiger partial charge >= 0.3 is 17.9 Å². The first-order valence-electron chi connectivity index (χ1n) is 13.3. The van der Waals surface area contributed by atoms with Crippen molar-refractivity contribution in [2.24, 2.45) is 0 Å². The zero-order chi connectivity index (χ0) is 28.5. The third-order valence-corrected chi connectivity index (χ3v) is 6.94. The van der Waals surface area contributed by atoms with E-state index in [-0.39, 0.29) is 40.0 Å². The Bertz CT molecular complexity index is 1690. The fraction of sp³-hybridized carbons (Fsp3) is 0.310. The largest absolute Gasteiger partial charge is 0.490 e. The van der Waals surface area contributed by atoms with Gasteiger partial charge in [-0.25, -0.2) is 9.59 Å². The molecule has 5 heterocycles. The summed E-state index contributed by atoms with van der Waals surface area (Å²) in [6.45, 7) is 5.10. The van der Waals surface area contributed by atoms with Gasteiger partial charge in [-0.15, -0.1) is 0 Å². The lowest BCUT2D eigenvalue weighted by atomic mass is 10.1. The van der Waals surface area contributed by atoms with Gasteiger partial charge in [0.15, 0.2) is 11.5 Å². The molecule has 0 atom stereocenters. The van der Waals surface area contributed by atoms with Crippen molar-refractivity contribution in [3.63, 3.8) is 0 Å². The lowest BCUT2D eigenvalue weighted by Crippen LogP contribution is -2.22. The highest BCUT2D eigenvalue weighted by Crippen LogP contribution is 2.47. The number of nitrogens with zero attached hydrogens (tertiary/aromatic N) is 4. The Morgan fingerprint density at radius 1 is 1.02 bits per heavy atom. The third-order valence-electron chi connectivity index (χ3n) is 6.94. The fourth-order valence-corrected chi connectivity index (χ4v) is 5.03. The van der Waals surface area contributed by atoms with E-state index in [1.807, 2.05) is 0 Å². The molecule has 0 amide bonds. The van der Waals surface area contributed by atoms with Crippen LogP contribution in [0.5, 0.6) is 34.9 Å². The van der Waals surface area contributed by atoms with Crippen LogP contribution in [0.4, 0.5) is 4.48 Å². The number of rotatable bonds is 8. The first-order valence-corrected chi connectivity index (χ1v) is 13.3. The number of aromatic nitrogens is 3. The van der Waals surface area contributed by atoms with Gasteiger partial charge in [-0.05, 0) is 63.5 Å². The summed E-state index contributed by atoms with van der Waals surface area (Å²) in [4.78, 5) is 36.6. The molecule has 0 saturated carbocycles. The van der Waals surface area contributed by atoms with Gasteiger partial charge in [0, 0.05) is 35.8 Å². The summed E-state index contributed by atoms with van der Waals surface area (Å²) in [5.74, 6) is -1.12. The van der Waals surface area contributed by atoms with Gasteiger partial charge in [0.25, 0.3) is 0 Å². The molecule has 1 fully saturated rings. The average Bonchev–Trinajstić information content (AvgIpc) is 3.56. The molecule has 11 nitrogen and oxygen atoms in total. The molecule has 4 aromatic rings. The monoisotopic (exact) mass is 562 g/mol. The van der Waals surface area contributed by atoms with Gasteiger partial charge in [-0.3, -0.25) is 0 Å². The zero-order valence-corrected chi connectivity index (χ0v) is 22.5. The fourth-order valence-electron chi connectivity index (χ4n) is 5.03. The van der Waals surface area contributed by atoms with E-state index < -0.39 is 11.9 Å². The van der Waals surface area contributed by atoms with Crippen molar-refractivity contribution in [1.82, 2.24) is 19.7 Å². The molecule has 1 saturated heterocycles. The molecule has 0 unspecified atom stereocenters. The van der Waals surface area contributed by atoms with Crippen LogP contribution in [-0.4, -0.2) is 64.9 Å². The lowest BCUT2D eigenvalue weighted by Gasteiger charge is -2.19. The Hall–Kier alpha value is -4.71. The molecule has 7 rings (SSSR count). The molecule has 212 valence electrons. The van der Waals surface area contributed by atoms with Crippen LogP contribution in [0.2, 0.25) is 0 Å². The number of carbonyl (C=O) groups is 2. The quantitative estimate of drug-likeness (QED) is 0.170. The summed E-state index contributed by atoms with van der Waals surface area (Å²) >= 11 is 0. The van der Waals surface area contributed by atoms with Gasteiger partial charge in [0.05, 0.1) is 24.8 Å². The Morgan fingerprint density at radius 3 is 2.59 bits per heavy atom. The van der Waals surface area contributed by atoms with Crippen molar-refractivity contribution >= 4 is 33.7 Å². The van der Waals surface area contributed by atoms with Crippen LogP contribution in [0, 0.1) is 6.92 Å². The van der Waals surface area contributed by atoms with Crippen molar-refractivity contribution in [1.29, 1.82) is 0 Å². The van der Waals surface area contributed by atoms with Crippen LogP contribution in [-0.2, 0) is 9.59 Å². The molecule has 0 radical (unpaired) electrons. The normalized spacial score (nSPS) is 16.2. The number of carbonyl (C=O) groups excluding carboxylic acids is 2. The molecular weight excluding hydrogens is 535 g/mol. The molecule has 41 heavy (non-hydrogen) atoms. The van der Waals surface area contributed by atoms with Gasteiger partial charge in [-0.1, -0.05) is 4.48 Å². The van der Waals surface area contributed by atoms with Crippen LogP contribution < -0.4 is 23.7 Å². The number of esters is 2. The van der Waals surface area contributed by atoms with Crippen molar-refractivity contribution in [3.05, 3.63) is 48.2 Å². The van der Waals surface area contributed by atoms with Crippen molar-refractivity contribution in [2.75, 3.05) is 33.4 Å². The minimum atomic E-state index is -0.881. The maximum Gasteiger partial charge on any atom is 0.338 e. The molecule has 0 aliphatic carbocycles. The van der Waals surface area contributed by atoms with Crippen LogP contribution in [0.25, 0.3) is 21.8 Å². The smallest absolute Gasteiger partial charge is 0.338 e. The zero-order valence-electron chi connectivity index (χ0n) is 22.5. The van der Waals surface area contributed by atoms with E-state index in [1.54, 1.807) is 37.3 Å². The second kappa shape index (κ2) is 11.0. The number of hydrogen-bond acceptors (Lipinski definition) is 10. The highest BCUT2D eigenvalue weighted by molar-refractivity contribution is 6.00. The van der Waals surface area contributed by atoms with Gasteiger partial charge < -0.3 is 28.6 Å². The van der Waals surface area contributed by atoms with Crippen molar-refractivity contribution < 1.29 is 37.8 Å². The molecule has 0 spiro atoms. The number of benzene rings is 2. The molecule has 3 aliphatic rings. The summed E-state index contributed by atoms with van der Waals surface area (Å²) in [6.07, 6.45) is 5.03. The minimum Gasteiger partial charge on any atom is -0.490 e. The highest BCUT2D eigenvalue weighted by atomic mass is 19.2. The number of likely N-dealkylation sites (tertiary alicyclic amines) is 1. The van der Waals surface area contributed by atoms with E-state index >= 15 is 0 Å². The SMILES string of the molecule is COc1c(OCCCN2CCCC2)cc2nc3nc(Oc4ccc5c(c4)cc(C)n5F)c2c1OC(=O)/C=C\C(=O)O3. The van der Waals surface area contributed by atoms with Crippen LogP contribution in [0.1, 0.15) is 25.0 Å². The number of fused-ring (bicyclic) bond motifs is 6. The predicted octanol–water partition coefficient (Wildman–Crippen LogP) is 4.67. The predicted molar refractivity (Wildman–Crippen MR) is 146 cm³/mol. The second-order valence-electron chi connectivity index (χ2n) is 9.76. The molecule has 2 aromatic heterocycles. The van der Waals surface area contributed by atoms with Crippen LogP contribution in [0.15, 0.2) is 42.5 Å². The molecule has 12 heteroatoms. The third kappa shape index (κ3) is 5.38. The van der Waals surface area contributed by atoms with E-state index in [4.69, 9.17) is 23.7 Å². The maximum atomic E-state index is 14.3. The second-order valence-corrected chi connectivity index (χ2v) is 9.76. The van der Waals surface area contributed by atoms with Gasteiger partial charge in [0.1, 0.15) is 11.1 Å². The van der Waals surface area contributed by atoms with Crippen LogP contribution >= 0.6 is 0 Å². The average molecular weight is 563 g/mol. The molecule has 2 aromatic carbocycles.